The molecule has 0 bridgehead atoms. The van der Waals surface area contributed by atoms with Crippen LogP contribution >= 0.6 is 0 Å². The highest BCUT2D eigenvalue weighted by Crippen LogP contribution is 2.57. The average molecular weight is 183 g/mol. The predicted octanol–water partition coefficient (Wildman–Crippen LogP) is 1.37. The maximum atomic E-state index is 10.7. The van der Waals surface area contributed by atoms with Gasteiger partial charge in [-0.3, -0.25) is 4.79 Å². The lowest BCUT2D eigenvalue weighted by Crippen LogP contribution is -2.40. The largest absolute Gasteiger partial charge is 0.480 e. The highest BCUT2D eigenvalue weighted by molar-refractivity contribution is 5.73. The maximum absolute atomic E-state index is 10.7. The van der Waals surface area contributed by atoms with Crippen LogP contribution in [0.25, 0.3) is 0 Å². The molecule has 1 spiro atoms. The summed E-state index contributed by atoms with van der Waals surface area (Å²) in [6, 6.07) is -0.627. The van der Waals surface area contributed by atoms with Crippen molar-refractivity contribution in [2.45, 2.75) is 44.6 Å². The molecule has 0 aromatic rings. The second-order valence-electron chi connectivity index (χ2n) is 4.72. The van der Waals surface area contributed by atoms with Crippen LogP contribution in [-0.2, 0) is 4.79 Å². The molecular formula is C10H17NO2. The summed E-state index contributed by atoms with van der Waals surface area (Å²) < 4.78 is 0. The molecule has 1 unspecified atom stereocenters. The quantitative estimate of drug-likeness (QED) is 0.679. The van der Waals surface area contributed by atoms with Crippen molar-refractivity contribution in [3.8, 4) is 0 Å². The molecule has 13 heavy (non-hydrogen) atoms. The van der Waals surface area contributed by atoms with Gasteiger partial charge in [0.1, 0.15) is 6.04 Å². The molecule has 0 aromatic heterocycles. The van der Waals surface area contributed by atoms with Gasteiger partial charge in [-0.15, -0.1) is 0 Å². The van der Waals surface area contributed by atoms with Gasteiger partial charge in [-0.2, -0.15) is 0 Å². The first-order valence-corrected chi connectivity index (χ1v) is 5.11. The lowest BCUT2D eigenvalue weighted by Gasteiger charge is -2.31. The Balaban J connectivity index is 1.96. The molecule has 2 saturated carbocycles. The lowest BCUT2D eigenvalue weighted by molar-refractivity contribution is -0.140. The van der Waals surface area contributed by atoms with Crippen molar-refractivity contribution in [1.82, 2.24) is 0 Å². The van der Waals surface area contributed by atoms with E-state index in [0.29, 0.717) is 5.41 Å². The molecule has 2 aliphatic carbocycles. The van der Waals surface area contributed by atoms with Crippen LogP contribution in [0.15, 0.2) is 0 Å². The van der Waals surface area contributed by atoms with Gasteiger partial charge >= 0.3 is 5.97 Å². The summed E-state index contributed by atoms with van der Waals surface area (Å²) in [5.74, 6) is -0.601. The zero-order valence-corrected chi connectivity index (χ0v) is 7.83. The SMILES string of the molecule is NC(C(=O)O)[C@H]1CCCC2(CC2)C1. The van der Waals surface area contributed by atoms with Crippen molar-refractivity contribution in [1.29, 1.82) is 0 Å². The van der Waals surface area contributed by atoms with E-state index >= 15 is 0 Å². The van der Waals surface area contributed by atoms with Crippen LogP contribution < -0.4 is 5.73 Å². The van der Waals surface area contributed by atoms with Crippen molar-refractivity contribution < 1.29 is 9.90 Å². The topological polar surface area (TPSA) is 63.3 Å². The van der Waals surface area contributed by atoms with E-state index in [1.54, 1.807) is 0 Å². The van der Waals surface area contributed by atoms with Crippen LogP contribution in [0.1, 0.15) is 38.5 Å². The molecule has 3 heteroatoms. The minimum absolute atomic E-state index is 0.230. The molecule has 0 heterocycles. The van der Waals surface area contributed by atoms with Gasteiger partial charge in [-0.05, 0) is 43.4 Å². The minimum Gasteiger partial charge on any atom is -0.480 e. The predicted molar refractivity (Wildman–Crippen MR) is 49.2 cm³/mol. The molecule has 0 aliphatic heterocycles. The Kier molecular flexibility index (Phi) is 2.06. The smallest absolute Gasteiger partial charge is 0.320 e. The molecule has 0 saturated heterocycles. The molecule has 0 radical (unpaired) electrons. The standard InChI is InChI=1S/C10H17NO2/c11-8(9(12)13)7-2-1-3-10(6-7)4-5-10/h7-8H,1-6,11H2,(H,12,13)/t7-,8?/m0/s1. The molecule has 2 fully saturated rings. The van der Waals surface area contributed by atoms with Gasteiger partial charge in [0.25, 0.3) is 0 Å². The third-order valence-electron chi connectivity index (χ3n) is 3.73. The molecule has 0 amide bonds. The lowest BCUT2D eigenvalue weighted by atomic mass is 9.76. The molecule has 74 valence electrons. The average Bonchev–Trinajstić information content (AvgIpc) is 2.83. The highest BCUT2D eigenvalue weighted by Gasteiger charge is 2.47. The molecule has 2 atom stereocenters. The number of carbonyl (C=O) groups is 1. The Morgan fingerprint density at radius 1 is 1.46 bits per heavy atom. The second-order valence-corrected chi connectivity index (χ2v) is 4.72. The number of hydrogen-bond donors (Lipinski definition) is 2. The van der Waals surface area contributed by atoms with Gasteiger partial charge in [0.2, 0.25) is 0 Å². The van der Waals surface area contributed by atoms with E-state index in [1.165, 1.54) is 25.7 Å². The summed E-state index contributed by atoms with van der Waals surface area (Å²) in [4.78, 5) is 10.7. The first kappa shape index (κ1) is 9.00. The van der Waals surface area contributed by atoms with E-state index < -0.39 is 12.0 Å². The molecule has 3 nitrogen and oxygen atoms in total. The Bertz CT molecular complexity index is 223. The van der Waals surface area contributed by atoms with Crippen LogP contribution in [0.2, 0.25) is 0 Å². The Labute approximate surface area is 78.3 Å². The van der Waals surface area contributed by atoms with E-state index in [9.17, 15) is 4.79 Å². The number of nitrogens with two attached hydrogens (primary N) is 1. The fraction of sp³-hybridized carbons (Fsp3) is 0.900. The van der Waals surface area contributed by atoms with E-state index in [0.717, 1.165) is 12.8 Å². The fourth-order valence-electron chi connectivity index (χ4n) is 2.64. The summed E-state index contributed by atoms with van der Waals surface area (Å²) in [5.41, 5.74) is 6.16. The summed E-state index contributed by atoms with van der Waals surface area (Å²) in [6.07, 6.45) is 7.14. The molecule has 3 N–H and O–H groups in total. The summed E-state index contributed by atoms with van der Waals surface area (Å²) in [6.45, 7) is 0. The minimum atomic E-state index is -0.831. The second kappa shape index (κ2) is 2.98. The monoisotopic (exact) mass is 183 g/mol. The normalized spacial score (nSPS) is 32.8. The summed E-state index contributed by atoms with van der Waals surface area (Å²) in [7, 11) is 0. The molecule has 0 aromatic carbocycles. The third kappa shape index (κ3) is 1.70. The Morgan fingerprint density at radius 3 is 2.69 bits per heavy atom. The van der Waals surface area contributed by atoms with Crippen LogP contribution in [0, 0.1) is 11.3 Å². The highest BCUT2D eigenvalue weighted by atomic mass is 16.4. The van der Waals surface area contributed by atoms with Crippen molar-refractivity contribution >= 4 is 5.97 Å². The number of rotatable bonds is 2. The molecular weight excluding hydrogens is 166 g/mol. The molecule has 2 aliphatic rings. The Hall–Kier alpha value is -0.570. The van der Waals surface area contributed by atoms with Crippen molar-refractivity contribution in [3.05, 3.63) is 0 Å². The Morgan fingerprint density at radius 2 is 2.15 bits per heavy atom. The van der Waals surface area contributed by atoms with Gasteiger partial charge in [0.05, 0.1) is 0 Å². The van der Waals surface area contributed by atoms with Crippen LogP contribution in [-0.4, -0.2) is 17.1 Å². The van der Waals surface area contributed by atoms with Crippen LogP contribution in [0.3, 0.4) is 0 Å². The van der Waals surface area contributed by atoms with Crippen molar-refractivity contribution in [3.63, 3.8) is 0 Å². The van der Waals surface area contributed by atoms with Crippen LogP contribution in [0.4, 0.5) is 0 Å². The zero-order chi connectivity index (χ0) is 9.47. The van der Waals surface area contributed by atoms with Gasteiger partial charge in [0.15, 0.2) is 0 Å². The van der Waals surface area contributed by atoms with Gasteiger partial charge in [0, 0.05) is 0 Å². The number of hydrogen-bond acceptors (Lipinski definition) is 2. The third-order valence-corrected chi connectivity index (χ3v) is 3.73. The van der Waals surface area contributed by atoms with Gasteiger partial charge in [-0.25, -0.2) is 0 Å². The maximum Gasteiger partial charge on any atom is 0.320 e. The van der Waals surface area contributed by atoms with E-state index in [4.69, 9.17) is 10.8 Å². The van der Waals surface area contributed by atoms with Crippen molar-refractivity contribution in [2.75, 3.05) is 0 Å². The van der Waals surface area contributed by atoms with Gasteiger partial charge in [-0.1, -0.05) is 6.42 Å². The summed E-state index contributed by atoms with van der Waals surface area (Å²) in [5, 5.41) is 8.80. The first-order chi connectivity index (χ1) is 6.13. The van der Waals surface area contributed by atoms with Crippen LogP contribution in [0.5, 0.6) is 0 Å². The fourth-order valence-corrected chi connectivity index (χ4v) is 2.64. The van der Waals surface area contributed by atoms with Gasteiger partial charge < -0.3 is 10.8 Å². The van der Waals surface area contributed by atoms with E-state index in [-0.39, 0.29) is 5.92 Å². The zero-order valence-electron chi connectivity index (χ0n) is 7.83. The number of carboxylic acids is 1. The van der Waals surface area contributed by atoms with Crippen molar-refractivity contribution in [2.24, 2.45) is 17.1 Å². The number of carboxylic acid groups (broad SMARTS) is 1. The first-order valence-electron chi connectivity index (χ1n) is 5.11. The van der Waals surface area contributed by atoms with E-state index in [1.807, 2.05) is 0 Å². The van der Waals surface area contributed by atoms with E-state index in [2.05, 4.69) is 0 Å². The summed E-state index contributed by atoms with van der Waals surface area (Å²) >= 11 is 0. The molecule has 2 rings (SSSR count). The number of aliphatic carboxylic acids is 1.